The van der Waals surface area contributed by atoms with Crippen LogP contribution in [0, 0.1) is 12.3 Å². The van der Waals surface area contributed by atoms with E-state index in [1.807, 2.05) is 31.2 Å². The van der Waals surface area contributed by atoms with E-state index in [-0.39, 0.29) is 11.3 Å². The summed E-state index contributed by atoms with van der Waals surface area (Å²) >= 11 is 6.14. The van der Waals surface area contributed by atoms with Gasteiger partial charge >= 0.3 is 0 Å². The fourth-order valence-electron chi connectivity index (χ4n) is 2.82. The molecule has 1 aliphatic carbocycles. The summed E-state index contributed by atoms with van der Waals surface area (Å²) in [6, 6.07) is 7.69. The maximum absolute atomic E-state index is 12.1. The number of rotatable bonds is 4. The summed E-state index contributed by atoms with van der Waals surface area (Å²) in [6.45, 7) is 2.70. The third kappa shape index (κ3) is 3.73. The Morgan fingerprint density at radius 1 is 1.32 bits per heavy atom. The van der Waals surface area contributed by atoms with E-state index in [9.17, 15) is 4.79 Å². The van der Waals surface area contributed by atoms with E-state index in [1.165, 1.54) is 19.3 Å². The molecule has 0 atom stereocenters. The molecule has 104 valence electrons. The molecule has 0 bridgehead atoms. The number of nitrogens with one attached hydrogen (secondary N) is 1. The molecule has 2 nitrogen and oxygen atoms in total. The van der Waals surface area contributed by atoms with Crippen LogP contribution in [-0.4, -0.2) is 18.3 Å². The van der Waals surface area contributed by atoms with Gasteiger partial charge in [0.1, 0.15) is 0 Å². The van der Waals surface area contributed by atoms with Crippen molar-refractivity contribution in [1.82, 2.24) is 5.32 Å². The lowest BCUT2D eigenvalue weighted by Gasteiger charge is -2.35. The van der Waals surface area contributed by atoms with Crippen LogP contribution in [0.25, 0.3) is 0 Å². The quantitative estimate of drug-likeness (QED) is 0.832. The number of alkyl halides is 1. The molecular formula is C16H22ClNO. The zero-order valence-corrected chi connectivity index (χ0v) is 12.3. The SMILES string of the molecule is Cc1cccc(C(=O)NCC2(CCl)CCCCC2)c1. The van der Waals surface area contributed by atoms with Gasteiger partial charge in [-0.1, -0.05) is 37.0 Å². The van der Waals surface area contributed by atoms with Crippen LogP contribution in [0.5, 0.6) is 0 Å². The van der Waals surface area contributed by atoms with Gasteiger partial charge in [0.15, 0.2) is 0 Å². The average Bonchev–Trinajstić information content (AvgIpc) is 2.46. The maximum Gasteiger partial charge on any atom is 0.251 e. The van der Waals surface area contributed by atoms with Crippen molar-refractivity contribution in [3.05, 3.63) is 35.4 Å². The van der Waals surface area contributed by atoms with E-state index in [1.54, 1.807) is 0 Å². The van der Waals surface area contributed by atoms with E-state index < -0.39 is 0 Å². The lowest BCUT2D eigenvalue weighted by molar-refractivity contribution is 0.0921. The summed E-state index contributed by atoms with van der Waals surface area (Å²) in [7, 11) is 0. The molecule has 0 spiro atoms. The molecule has 1 aliphatic rings. The van der Waals surface area contributed by atoms with Crippen molar-refractivity contribution in [3.63, 3.8) is 0 Å². The minimum absolute atomic E-state index is 0.0127. The molecule has 1 amide bonds. The summed E-state index contributed by atoms with van der Waals surface area (Å²) in [5.74, 6) is 0.653. The molecular weight excluding hydrogens is 258 g/mol. The first kappa shape index (κ1) is 14.4. The Labute approximate surface area is 120 Å². The topological polar surface area (TPSA) is 29.1 Å². The van der Waals surface area contributed by atoms with Crippen LogP contribution in [0.1, 0.15) is 48.0 Å². The normalized spacial score (nSPS) is 18.0. The number of hydrogen-bond donors (Lipinski definition) is 1. The first-order valence-corrected chi connectivity index (χ1v) is 7.60. The summed E-state index contributed by atoms with van der Waals surface area (Å²) < 4.78 is 0. The third-order valence-electron chi connectivity index (χ3n) is 4.10. The molecule has 0 aromatic heterocycles. The number of hydrogen-bond acceptors (Lipinski definition) is 1. The lowest BCUT2D eigenvalue weighted by Crippen LogP contribution is -2.40. The second kappa shape index (κ2) is 6.42. The highest BCUT2D eigenvalue weighted by molar-refractivity contribution is 6.18. The first-order chi connectivity index (χ1) is 9.15. The van der Waals surface area contributed by atoms with Gasteiger partial charge in [-0.2, -0.15) is 0 Å². The van der Waals surface area contributed by atoms with Crippen LogP contribution >= 0.6 is 11.6 Å². The first-order valence-electron chi connectivity index (χ1n) is 7.06. The minimum atomic E-state index is 0.0127. The van der Waals surface area contributed by atoms with E-state index in [0.29, 0.717) is 12.4 Å². The standard InChI is InChI=1S/C16H22ClNO/c1-13-6-5-7-14(10-13)15(19)18-12-16(11-17)8-3-2-4-9-16/h5-7,10H,2-4,8-9,11-12H2,1H3,(H,18,19). The molecule has 2 rings (SSSR count). The molecule has 1 N–H and O–H groups in total. The van der Waals surface area contributed by atoms with Crippen LogP contribution in [0.3, 0.4) is 0 Å². The van der Waals surface area contributed by atoms with E-state index in [0.717, 1.165) is 24.0 Å². The fourth-order valence-corrected chi connectivity index (χ4v) is 3.18. The van der Waals surface area contributed by atoms with E-state index in [4.69, 9.17) is 11.6 Å². The number of aryl methyl sites for hydroxylation is 1. The Balaban J connectivity index is 1.95. The smallest absolute Gasteiger partial charge is 0.251 e. The molecule has 0 aliphatic heterocycles. The monoisotopic (exact) mass is 279 g/mol. The van der Waals surface area contributed by atoms with Crippen molar-refractivity contribution in [2.24, 2.45) is 5.41 Å². The maximum atomic E-state index is 12.1. The van der Waals surface area contributed by atoms with Crippen molar-refractivity contribution in [3.8, 4) is 0 Å². The van der Waals surface area contributed by atoms with Gasteiger partial charge in [0.05, 0.1) is 0 Å². The van der Waals surface area contributed by atoms with Crippen LogP contribution in [-0.2, 0) is 0 Å². The van der Waals surface area contributed by atoms with Crippen molar-refractivity contribution < 1.29 is 4.79 Å². The summed E-state index contributed by atoms with van der Waals surface area (Å²) in [4.78, 5) is 12.1. The number of carbonyl (C=O) groups is 1. The molecule has 19 heavy (non-hydrogen) atoms. The predicted molar refractivity (Wildman–Crippen MR) is 79.8 cm³/mol. The highest BCUT2D eigenvalue weighted by Crippen LogP contribution is 2.36. The Kier molecular flexibility index (Phi) is 4.87. The van der Waals surface area contributed by atoms with Crippen molar-refractivity contribution in [2.75, 3.05) is 12.4 Å². The Morgan fingerprint density at radius 3 is 2.68 bits per heavy atom. The predicted octanol–water partition coefficient (Wildman–Crippen LogP) is 3.91. The summed E-state index contributed by atoms with van der Waals surface area (Å²) in [5, 5.41) is 3.06. The van der Waals surface area contributed by atoms with Gasteiger partial charge in [0.25, 0.3) is 5.91 Å². The van der Waals surface area contributed by atoms with E-state index in [2.05, 4.69) is 5.32 Å². The van der Waals surface area contributed by atoms with Crippen molar-refractivity contribution >= 4 is 17.5 Å². The minimum Gasteiger partial charge on any atom is -0.351 e. The Morgan fingerprint density at radius 2 is 2.05 bits per heavy atom. The van der Waals surface area contributed by atoms with E-state index >= 15 is 0 Å². The van der Waals surface area contributed by atoms with Gasteiger partial charge in [-0.15, -0.1) is 11.6 Å². The fraction of sp³-hybridized carbons (Fsp3) is 0.562. The van der Waals surface area contributed by atoms with Gasteiger partial charge < -0.3 is 5.32 Å². The zero-order valence-electron chi connectivity index (χ0n) is 11.5. The van der Waals surface area contributed by atoms with Gasteiger partial charge in [-0.05, 0) is 31.9 Å². The van der Waals surface area contributed by atoms with Crippen molar-refractivity contribution in [2.45, 2.75) is 39.0 Å². The summed E-state index contributed by atoms with van der Waals surface area (Å²) in [6.07, 6.45) is 6.01. The Hall–Kier alpha value is -1.02. The number of carbonyl (C=O) groups excluding carboxylic acids is 1. The van der Waals surface area contributed by atoms with Gasteiger partial charge in [-0.3, -0.25) is 4.79 Å². The molecule has 0 saturated heterocycles. The second-order valence-corrected chi connectivity index (χ2v) is 6.01. The van der Waals surface area contributed by atoms with Gasteiger partial charge in [0.2, 0.25) is 0 Å². The molecule has 1 fully saturated rings. The third-order valence-corrected chi connectivity index (χ3v) is 4.67. The number of amides is 1. The number of halogens is 1. The van der Waals surface area contributed by atoms with Crippen LogP contribution < -0.4 is 5.32 Å². The number of benzene rings is 1. The van der Waals surface area contributed by atoms with Crippen molar-refractivity contribution in [1.29, 1.82) is 0 Å². The van der Waals surface area contributed by atoms with Crippen LogP contribution in [0.4, 0.5) is 0 Å². The zero-order chi connectivity index (χ0) is 13.7. The molecule has 1 aromatic rings. The molecule has 0 radical (unpaired) electrons. The molecule has 3 heteroatoms. The second-order valence-electron chi connectivity index (χ2n) is 5.75. The largest absolute Gasteiger partial charge is 0.351 e. The highest BCUT2D eigenvalue weighted by atomic mass is 35.5. The molecule has 1 saturated carbocycles. The van der Waals surface area contributed by atoms with Gasteiger partial charge in [0, 0.05) is 23.4 Å². The van der Waals surface area contributed by atoms with Crippen LogP contribution in [0.15, 0.2) is 24.3 Å². The Bertz CT molecular complexity index is 438. The molecule has 1 aromatic carbocycles. The van der Waals surface area contributed by atoms with Gasteiger partial charge in [-0.25, -0.2) is 0 Å². The molecule has 0 unspecified atom stereocenters. The molecule has 0 heterocycles. The average molecular weight is 280 g/mol. The lowest BCUT2D eigenvalue weighted by atomic mass is 9.75. The summed E-state index contributed by atoms with van der Waals surface area (Å²) in [5.41, 5.74) is 1.96. The van der Waals surface area contributed by atoms with Crippen LogP contribution in [0.2, 0.25) is 0 Å². The highest BCUT2D eigenvalue weighted by Gasteiger charge is 2.31.